The number of benzene rings is 1. The van der Waals surface area contributed by atoms with Crippen LogP contribution in [0.1, 0.15) is 32.8 Å². The molecule has 0 amide bonds. The Labute approximate surface area is 117 Å². The SMILES string of the molecule is CCCOc1cccc(CNC(COC)C(C)C)c1. The highest BCUT2D eigenvalue weighted by molar-refractivity contribution is 5.28. The van der Waals surface area contributed by atoms with E-state index in [1.54, 1.807) is 7.11 Å². The summed E-state index contributed by atoms with van der Waals surface area (Å²) in [6, 6.07) is 8.66. The van der Waals surface area contributed by atoms with E-state index >= 15 is 0 Å². The van der Waals surface area contributed by atoms with Crippen LogP contribution in [0.2, 0.25) is 0 Å². The lowest BCUT2D eigenvalue weighted by atomic mass is 10.0. The van der Waals surface area contributed by atoms with Crippen molar-refractivity contribution in [1.29, 1.82) is 0 Å². The molecule has 0 saturated carbocycles. The minimum absolute atomic E-state index is 0.380. The summed E-state index contributed by atoms with van der Waals surface area (Å²) in [5, 5.41) is 3.54. The summed E-state index contributed by atoms with van der Waals surface area (Å²) >= 11 is 0. The molecule has 108 valence electrons. The standard InChI is InChI=1S/C16H27NO2/c1-5-9-19-15-8-6-7-14(10-15)11-17-16(12-18-4)13(2)3/h6-8,10,13,16-17H,5,9,11-12H2,1-4H3. The number of hydrogen-bond acceptors (Lipinski definition) is 3. The quantitative estimate of drug-likeness (QED) is 0.743. The van der Waals surface area contributed by atoms with Crippen LogP contribution in [0.4, 0.5) is 0 Å². The third-order valence-electron chi connectivity index (χ3n) is 3.09. The largest absolute Gasteiger partial charge is 0.494 e. The molecule has 1 rings (SSSR count). The van der Waals surface area contributed by atoms with Crippen molar-refractivity contribution in [3.8, 4) is 5.75 Å². The molecule has 0 spiro atoms. The van der Waals surface area contributed by atoms with Crippen molar-refractivity contribution in [2.45, 2.75) is 39.8 Å². The second-order valence-electron chi connectivity index (χ2n) is 5.18. The molecule has 1 aromatic rings. The molecular formula is C16H27NO2. The number of rotatable bonds is 9. The maximum absolute atomic E-state index is 5.65. The molecule has 3 heteroatoms. The summed E-state index contributed by atoms with van der Waals surface area (Å²) < 4.78 is 10.9. The van der Waals surface area contributed by atoms with E-state index in [1.165, 1.54) is 5.56 Å². The van der Waals surface area contributed by atoms with E-state index in [-0.39, 0.29) is 0 Å². The van der Waals surface area contributed by atoms with Crippen LogP contribution in [0.3, 0.4) is 0 Å². The van der Waals surface area contributed by atoms with Crippen LogP contribution in [0, 0.1) is 5.92 Å². The summed E-state index contributed by atoms with van der Waals surface area (Å²) in [5.74, 6) is 1.51. The van der Waals surface area contributed by atoms with E-state index in [4.69, 9.17) is 9.47 Å². The molecule has 0 aliphatic heterocycles. The van der Waals surface area contributed by atoms with Gasteiger partial charge in [-0.15, -0.1) is 0 Å². The highest BCUT2D eigenvalue weighted by Crippen LogP contribution is 2.14. The van der Waals surface area contributed by atoms with Gasteiger partial charge in [0.1, 0.15) is 5.75 Å². The average molecular weight is 265 g/mol. The highest BCUT2D eigenvalue weighted by atomic mass is 16.5. The van der Waals surface area contributed by atoms with Crippen molar-refractivity contribution in [3.63, 3.8) is 0 Å². The lowest BCUT2D eigenvalue weighted by Gasteiger charge is -2.21. The molecule has 0 aliphatic rings. The van der Waals surface area contributed by atoms with Gasteiger partial charge in [0.2, 0.25) is 0 Å². The molecule has 0 aromatic heterocycles. The van der Waals surface area contributed by atoms with Gasteiger partial charge in [-0.2, -0.15) is 0 Å². The van der Waals surface area contributed by atoms with Crippen LogP contribution < -0.4 is 10.1 Å². The Balaban J connectivity index is 2.51. The molecule has 1 aromatic carbocycles. The third kappa shape index (κ3) is 6.08. The third-order valence-corrected chi connectivity index (χ3v) is 3.09. The molecule has 0 heterocycles. The summed E-state index contributed by atoms with van der Waals surface area (Å²) in [4.78, 5) is 0. The molecule has 0 aliphatic carbocycles. The maximum Gasteiger partial charge on any atom is 0.119 e. The fourth-order valence-electron chi connectivity index (χ4n) is 1.88. The Hall–Kier alpha value is -1.06. The first-order valence-corrected chi connectivity index (χ1v) is 7.11. The number of methoxy groups -OCH3 is 1. The minimum Gasteiger partial charge on any atom is -0.494 e. The number of hydrogen-bond donors (Lipinski definition) is 1. The highest BCUT2D eigenvalue weighted by Gasteiger charge is 2.12. The van der Waals surface area contributed by atoms with Gasteiger partial charge in [0, 0.05) is 19.7 Å². The van der Waals surface area contributed by atoms with Crippen molar-refractivity contribution in [2.75, 3.05) is 20.3 Å². The van der Waals surface area contributed by atoms with E-state index in [1.807, 2.05) is 12.1 Å². The zero-order valence-electron chi connectivity index (χ0n) is 12.6. The first-order valence-electron chi connectivity index (χ1n) is 7.11. The summed E-state index contributed by atoms with van der Waals surface area (Å²) in [6.45, 7) is 8.88. The molecule has 1 unspecified atom stereocenters. The van der Waals surface area contributed by atoms with Crippen molar-refractivity contribution >= 4 is 0 Å². The van der Waals surface area contributed by atoms with E-state index in [0.717, 1.165) is 31.9 Å². The fraction of sp³-hybridized carbons (Fsp3) is 0.625. The molecule has 3 nitrogen and oxygen atoms in total. The lowest BCUT2D eigenvalue weighted by molar-refractivity contribution is 0.146. The van der Waals surface area contributed by atoms with Gasteiger partial charge in [-0.1, -0.05) is 32.9 Å². The van der Waals surface area contributed by atoms with Crippen LogP contribution in [-0.4, -0.2) is 26.4 Å². The van der Waals surface area contributed by atoms with E-state index in [9.17, 15) is 0 Å². The fourth-order valence-corrected chi connectivity index (χ4v) is 1.88. The Bertz CT molecular complexity index is 352. The van der Waals surface area contributed by atoms with Gasteiger partial charge in [-0.05, 0) is 30.0 Å². The topological polar surface area (TPSA) is 30.5 Å². The number of ether oxygens (including phenoxy) is 2. The zero-order chi connectivity index (χ0) is 14.1. The van der Waals surface area contributed by atoms with Crippen LogP contribution in [0.5, 0.6) is 5.75 Å². The smallest absolute Gasteiger partial charge is 0.119 e. The molecule has 0 radical (unpaired) electrons. The molecule has 1 atom stereocenters. The molecule has 0 bridgehead atoms. The van der Waals surface area contributed by atoms with Crippen molar-refractivity contribution in [1.82, 2.24) is 5.32 Å². The molecule has 0 saturated heterocycles. The van der Waals surface area contributed by atoms with Gasteiger partial charge in [0.05, 0.1) is 13.2 Å². The summed E-state index contributed by atoms with van der Waals surface area (Å²) in [6.07, 6.45) is 1.03. The first kappa shape index (κ1) is 16.0. The van der Waals surface area contributed by atoms with Crippen molar-refractivity contribution < 1.29 is 9.47 Å². The zero-order valence-corrected chi connectivity index (χ0v) is 12.6. The Morgan fingerprint density at radius 1 is 1.26 bits per heavy atom. The van der Waals surface area contributed by atoms with Gasteiger partial charge < -0.3 is 14.8 Å². The minimum atomic E-state index is 0.380. The van der Waals surface area contributed by atoms with Crippen molar-refractivity contribution in [2.24, 2.45) is 5.92 Å². The summed E-state index contributed by atoms with van der Waals surface area (Å²) in [7, 11) is 1.75. The normalized spacial score (nSPS) is 12.7. The Morgan fingerprint density at radius 2 is 2.05 bits per heavy atom. The molecular weight excluding hydrogens is 238 g/mol. The Morgan fingerprint density at radius 3 is 2.68 bits per heavy atom. The van der Waals surface area contributed by atoms with Crippen molar-refractivity contribution in [3.05, 3.63) is 29.8 Å². The maximum atomic E-state index is 5.65. The average Bonchev–Trinajstić information content (AvgIpc) is 2.41. The van der Waals surface area contributed by atoms with Crippen LogP contribution in [0.15, 0.2) is 24.3 Å². The second-order valence-corrected chi connectivity index (χ2v) is 5.18. The second kappa shape index (κ2) is 8.94. The molecule has 1 N–H and O–H groups in total. The number of nitrogens with one attached hydrogen (secondary N) is 1. The van der Waals surface area contributed by atoms with E-state index < -0.39 is 0 Å². The van der Waals surface area contributed by atoms with Crippen LogP contribution >= 0.6 is 0 Å². The van der Waals surface area contributed by atoms with Gasteiger partial charge in [0.25, 0.3) is 0 Å². The molecule has 19 heavy (non-hydrogen) atoms. The summed E-state index contributed by atoms with van der Waals surface area (Å²) in [5.41, 5.74) is 1.25. The predicted molar refractivity (Wildman–Crippen MR) is 79.6 cm³/mol. The lowest BCUT2D eigenvalue weighted by Crippen LogP contribution is -2.37. The van der Waals surface area contributed by atoms with Gasteiger partial charge in [0.15, 0.2) is 0 Å². The van der Waals surface area contributed by atoms with E-state index in [0.29, 0.717) is 12.0 Å². The Kier molecular flexibility index (Phi) is 7.53. The van der Waals surface area contributed by atoms with E-state index in [2.05, 4.69) is 38.2 Å². The van der Waals surface area contributed by atoms with Crippen LogP contribution in [-0.2, 0) is 11.3 Å². The van der Waals surface area contributed by atoms with Gasteiger partial charge in [-0.3, -0.25) is 0 Å². The predicted octanol–water partition coefficient (Wildman–Crippen LogP) is 3.24. The monoisotopic (exact) mass is 265 g/mol. The van der Waals surface area contributed by atoms with Gasteiger partial charge >= 0.3 is 0 Å². The molecule has 0 fully saturated rings. The first-order chi connectivity index (χ1) is 9.17. The van der Waals surface area contributed by atoms with Gasteiger partial charge in [-0.25, -0.2) is 0 Å². The van der Waals surface area contributed by atoms with Crippen LogP contribution in [0.25, 0.3) is 0 Å².